The number of nitrogens with zero attached hydrogens (tertiary/aromatic N) is 2. The molecule has 1 N–H and O–H groups in total. The van der Waals surface area contributed by atoms with Crippen molar-refractivity contribution in [3.63, 3.8) is 0 Å². The Labute approximate surface area is 150 Å². The zero-order valence-corrected chi connectivity index (χ0v) is 14.7. The van der Waals surface area contributed by atoms with E-state index in [9.17, 15) is 4.79 Å². The van der Waals surface area contributed by atoms with E-state index in [-0.39, 0.29) is 11.8 Å². The largest absolute Gasteiger partial charge is 0.461 e. The minimum Gasteiger partial charge on any atom is -0.461 e. The Hall–Kier alpha value is -2.60. The molecule has 6 nitrogen and oxygen atoms in total. The van der Waals surface area contributed by atoms with Crippen LogP contribution in [0.3, 0.4) is 0 Å². The molecule has 0 unspecified atom stereocenters. The summed E-state index contributed by atoms with van der Waals surface area (Å²) in [5.41, 5.74) is 0.406. The maximum absolute atomic E-state index is 12.6. The highest BCUT2D eigenvalue weighted by atomic mass is 35.5. The molecule has 1 aromatic carbocycles. The van der Waals surface area contributed by atoms with Gasteiger partial charge in [-0.05, 0) is 30.2 Å². The second kappa shape index (κ2) is 7.53. The number of halogens is 1. The maximum Gasteiger partial charge on any atom is 0.253 e. The van der Waals surface area contributed by atoms with E-state index in [1.54, 1.807) is 36.4 Å². The number of benzene rings is 1. The van der Waals surface area contributed by atoms with Gasteiger partial charge in [-0.2, -0.15) is 4.98 Å². The first-order valence-electron chi connectivity index (χ1n) is 8.03. The molecule has 0 saturated heterocycles. The van der Waals surface area contributed by atoms with Gasteiger partial charge in [-0.3, -0.25) is 4.79 Å². The van der Waals surface area contributed by atoms with E-state index < -0.39 is 6.04 Å². The summed E-state index contributed by atoms with van der Waals surface area (Å²) in [5.74, 6) is 1.00. The van der Waals surface area contributed by atoms with E-state index in [2.05, 4.69) is 15.5 Å². The Morgan fingerprint density at radius 1 is 1.28 bits per heavy atom. The molecule has 0 aliphatic carbocycles. The van der Waals surface area contributed by atoms with Crippen LogP contribution in [0.4, 0.5) is 0 Å². The van der Waals surface area contributed by atoms with Crippen molar-refractivity contribution in [3.8, 4) is 11.6 Å². The lowest BCUT2D eigenvalue weighted by molar-refractivity contribution is 0.0910. The fourth-order valence-electron chi connectivity index (χ4n) is 2.41. The molecule has 0 fully saturated rings. The third kappa shape index (κ3) is 3.74. The Morgan fingerprint density at radius 3 is 2.76 bits per heavy atom. The number of carbonyl (C=O) groups excluding carboxylic acids is 1. The van der Waals surface area contributed by atoms with Crippen molar-refractivity contribution in [3.05, 3.63) is 59.1 Å². The van der Waals surface area contributed by atoms with Crippen molar-refractivity contribution in [2.75, 3.05) is 0 Å². The van der Waals surface area contributed by atoms with Gasteiger partial charge in [-0.1, -0.05) is 49.2 Å². The van der Waals surface area contributed by atoms with Crippen LogP contribution >= 0.6 is 11.6 Å². The summed E-state index contributed by atoms with van der Waals surface area (Å²) in [5, 5.41) is 7.28. The molecule has 2 aromatic heterocycles. The number of hydrogen-bond donors (Lipinski definition) is 1. The van der Waals surface area contributed by atoms with Crippen LogP contribution in [0.25, 0.3) is 11.6 Å². The van der Waals surface area contributed by atoms with Crippen LogP contribution < -0.4 is 5.32 Å². The zero-order chi connectivity index (χ0) is 17.8. The number of aromatic nitrogens is 2. The molecule has 0 aliphatic rings. The van der Waals surface area contributed by atoms with Crippen molar-refractivity contribution in [2.24, 2.45) is 5.92 Å². The Kier molecular flexibility index (Phi) is 5.19. The third-order valence-corrected chi connectivity index (χ3v) is 4.40. The van der Waals surface area contributed by atoms with Gasteiger partial charge in [0.05, 0.1) is 16.8 Å². The highest BCUT2D eigenvalue weighted by Crippen LogP contribution is 2.27. The minimum absolute atomic E-state index is 0.0938. The predicted octanol–water partition coefficient (Wildman–Crippen LogP) is 4.50. The molecule has 0 spiro atoms. The van der Waals surface area contributed by atoms with Crippen LogP contribution in [0.2, 0.25) is 5.02 Å². The van der Waals surface area contributed by atoms with E-state index in [1.165, 1.54) is 6.26 Å². The average molecular weight is 360 g/mol. The Bertz CT molecular complexity index is 845. The number of amides is 1. The standard InChI is InChI=1S/C18H18ClN3O3/c1-3-11(2)15(20-17(23)12-7-4-5-8-13(12)19)18-21-16(22-25-18)14-9-6-10-24-14/h4-11,15H,3H2,1-2H3,(H,20,23)/t11-,15+/m0/s1. The van der Waals surface area contributed by atoms with Crippen molar-refractivity contribution in [2.45, 2.75) is 26.3 Å². The van der Waals surface area contributed by atoms with Crippen molar-refractivity contribution in [1.82, 2.24) is 15.5 Å². The lowest BCUT2D eigenvalue weighted by Crippen LogP contribution is -2.33. The van der Waals surface area contributed by atoms with E-state index in [0.717, 1.165) is 6.42 Å². The molecule has 3 aromatic rings. The van der Waals surface area contributed by atoms with Gasteiger partial charge in [-0.25, -0.2) is 0 Å². The number of furan rings is 1. The molecule has 25 heavy (non-hydrogen) atoms. The summed E-state index contributed by atoms with van der Waals surface area (Å²) >= 11 is 6.11. The monoisotopic (exact) mass is 359 g/mol. The quantitative estimate of drug-likeness (QED) is 0.700. The van der Waals surface area contributed by atoms with Crippen LogP contribution in [0.15, 0.2) is 51.6 Å². The summed E-state index contributed by atoms with van der Waals surface area (Å²) in [6.07, 6.45) is 2.36. The second-order valence-electron chi connectivity index (χ2n) is 5.75. The minimum atomic E-state index is -0.426. The van der Waals surface area contributed by atoms with E-state index >= 15 is 0 Å². The summed E-state index contributed by atoms with van der Waals surface area (Å²) in [4.78, 5) is 17.0. The Morgan fingerprint density at radius 2 is 2.08 bits per heavy atom. The molecular weight excluding hydrogens is 342 g/mol. The fourth-order valence-corrected chi connectivity index (χ4v) is 2.64. The molecule has 130 valence electrons. The third-order valence-electron chi connectivity index (χ3n) is 4.07. The van der Waals surface area contributed by atoms with Crippen LogP contribution in [-0.4, -0.2) is 16.0 Å². The molecular formula is C18H18ClN3O3. The molecule has 0 saturated carbocycles. The average Bonchev–Trinajstić information content (AvgIpc) is 3.30. The van der Waals surface area contributed by atoms with E-state index in [4.69, 9.17) is 20.5 Å². The van der Waals surface area contributed by atoms with Gasteiger partial charge in [0, 0.05) is 0 Å². The highest BCUT2D eigenvalue weighted by molar-refractivity contribution is 6.33. The Balaban J connectivity index is 1.86. The van der Waals surface area contributed by atoms with Gasteiger partial charge in [0.2, 0.25) is 11.7 Å². The van der Waals surface area contributed by atoms with Crippen molar-refractivity contribution >= 4 is 17.5 Å². The van der Waals surface area contributed by atoms with Crippen molar-refractivity contribution in [1.29, 1.82) is 0 Å². The highest BCUT2D eigenvalue weighted by Gasteiger charge is 2.27. The van der Waals surface area contributed by atoms with Crippen LogP contribution in [-0.2, 0) is 0 Å². The fraction of sp³-hybridized carbons (Fsp3) is 0.278. The van der Waals surface area contributed by atoms with Gasteiger partial charge in [0.25, 0.3) is 5.91 Å². The number of hydrogen-bond acceptors (Lipinski definition) is 5. The van der Waals surface area contributed by atoms with Gasteiger partial charge >= 0.3 is 0 Å². The second-order valence-corrected chi connectivity index (χ2v) is 6.16. The maximum atomic E-state index is 12.6. The first kappa shape index (κ1) is 17.2. The first-order chi connectivity index (χ1) is 12.1. The lowest BCUT2D eigenvalue weighted by Gasteiger charge is -2.21. The van der Waals surface area contributed by atoms with E-state index in [0.29, 0.717) is 28.1 Å². The molecule has 0 bridgehead atoms. The summed E-state index contributed by atoms with van der Waals surface area (Å²) in [6.45, 7) is 4.04. The summed E-state index contributed by atoms with van der Waals surface area (Å²) < 4.78 is 10.6. The van der Waals surface area contributed by atoms with Crippen LogP contribution in [0.5, 0.6) is 0 Å². The first-order valence-corrected chi connectivity index (χ1v) is 8.40. The summed E-state index contributed by atoms with van der Waals surface area (Å²) in [6, 6.07) is 9.96. The molecule has 2 heterocycles. The van der Waals surface area contributed by atoms with Crippen LogP contribution in [0, 0.1) is 5.92 Å². The topological polar surface area (TPSA) is 81.2 Å². The normalized spacial score (nSPS) is 13.4. The molecule has 2 atom stereocenters. The summed E-state index contributed by atoms with van der Waals surface area (Å²) in [7, 11) is 0. The zero-order valence-electron chi connectivity index (χ0n) is 13.9. The van der Waals surface area contributed by atoms with Gasteiger partial charge < -0.3 is 14.3 Å². The smallest absolute Gasteiger partial charge is 0.253 e. The molecule has 7 heteroatoms. The predicted molar refractivity (Wildman–Crippen MR) is 93.1 cm³/mol. The number of nitrogens with one attached hydrogen (secondary N) is 1. The van der Waals surface area contributed by atoms with Gasteiger partial charge in [0.1, 0.15) is 6.04 Å². The SMILES string of the molecule is CC[C@H](C)[C@@H](NC(=O)c1ccccc1Cl)c1nc(-c2ccco2)no1. The molecule has 0 aliphatic heterocycles. The van der Waals surface area contributed by atoms with Gasteiger partial charge in [-0.15, -0.1) is 0 Å². The number of rotatable bonds is 6. The van der Waals surface area contributed by atoms with Gasteiger partial charge in [0.15, 0.2) is 5.76 Å². The lowest BCUT2D eigenvalue weighted by atomic mass is 9.98. The molecule has 0 radical (unpaired) electrons. The molecule has 3 rings (SSSR count). The van der Waals surface area contributed by atoms with E-state index in [1.807, 2.05) is 13.8 Å². The molecule has 1 amide bonds. The number of carbonyl (C=O) groups is 1. The van der Waals surface area contributed by atoms with Crippen LogP contribution in [0.1, 0.15) is 42.6 Å². The van der Waals surface area contributed by atoms with Crippen molar-refractivity contribution < 1.29 is 13.7 Å².